The molecule has 0 aromatic carbocycles. The molecule has 0 N–H and O–H groups in total. The first-order valence-corrected chi connectivity index (χ1v) is 50.4. The van der Waals surface area contributed by atoms with E-state index in [-0.39, 0.29) is 0 Å². The van der Waals surface area contributed by atoms with E-state index >= 15 is 0 Å². The molecule has 0 aromatic heterocycles. The summed E-state index contributed by atoms with van der Waals surface area (Å²) in [5.41, 5.74) is 0. The number of rotatable bonds is 4. The summed E-state index contributed by atoms with van der Waals surface area (Å²) in [5, 5.41) is 12.3. The maximum absolute atomic E-state index is 2.49. The van der Waals surface area contributed by atoms with Crippen molar-refractivity contribution in [2.24, 2.45) is 17.8 Å². The standard InChI is InChI=1S/C12H21P.C12H25P.C11H21P.C11H23P.C10H21P.C8H13P.2C8H17P.C7H15P/c1-2-6-11(5-1)9-10-12(13-11)7-3-4-8-12;1-5-11(6-2)9-10-12(7-3,8-4)13-11;1-10(2)8-6-5-7-9(8)11(3,4)12-10;1-10(2)8-6-5-7-9-11(3,4)12-10;1-9(2)7-5-6-8-10(3,4)11-9;1-7-3-5-8(2,9-7)6-4-7;1-7(2)5-6-8(3,4)9-7;1-6-7(2,3)9-8(6,4)5;1-6(2)5-7(3,4)8-6/h13H,1-10H2;13H,5-10H2,1-4H3;8-9,12H,5-7H2,1-4H3;12H,5-9H2,1-4H3;11H,5-8H2,1-4H3;3,5,9H,4,6H2,1-2H3;9H,5-6H2,1-4H3;6,9H,1-5H3;8H,5H2,1-4H3. The van der Waals surface area contributed by atoms with Gasteiger partial charge in [0.2, 0.25) is 0 Å². The van der Waals surface area contributed by atoms with Crippen molar-refractivity contribution in [3.63, 3.8) is 0 Å². The Morgan fingerprint density at radius 3 is 0.719 bits per heavy atom. The molecule has 2 bridgehead atoms. The second-order valence-electron chi connectivity index (χ2n) is 43.0. The summed E-state index contributed by atoms with van der Waals surface area (Å²) in [6.07, 6.45) is 53.9. The number of hydrogen-bond donors (Lipinski definition) is 0. The first-order valence-electron chi connectivity index (χ1n) is 41.4. The normalized spacial score (nSPS) is 35.4. The highest BCUT2D eigenvalue weighted by atomic mass is 31.1. The van der Waals surface area contributed by atoms with Crippen molar-refractivity contribution in [3.05, 3.63) is 12.2 Å². The SMILES string of the molecule is C1CCC2(C1)CCC1(CCCC1)P2.CC1(C)CC(C)(C)P1.CC1(C)CCC(C)(C)P1.CC1(C)CCCCC(C)(C)P1.CC1(C)CCCCCC(C)(C)P1.CC1(C)PC(C)(C)C2CCCC21.CC12C=CC(C)(CC1)P2.CC1C(C)(C)PC1(C)C.CCC1(CC)CCC(CC)(CC)P1. The lowest BCUT2D eigenvalue weighted by atomic mass is 9.80. The van der Waals surface area contributed by atoms with Gasteiger partial charge in [-0.2, -0.15) is 0 Å². The molecule has 0 nitrogen and oxygen atoms in total. The van der Waals surface area contributed by atoms with Crippen molar-refractivity contribution in [3.8, 4) is 0 Å². The molecule has 9 saturated heterocycles. The van der Waals surface area contributed by atoms with Crippen LogP contribution in [0.1, 0.15) is 427 Å². The maximum Gasteiger partial charge on any atom is 0.00362 e. The average Bonchev–Trinajstić information content (AvgIpc) is 1.63. The Kier molecular flexibility index (Phi) is 32.6. The smallest absolute Gasteiger partial charge is 0.00362 e. The molecular formula is C87H173P9. The maximum atomic E-state index is 2.49. The molecule has 4 atom stereocenters. The van der Waals surface area contributed by atoms with Crippen LogP contribution in [-0.4, -0.2) is 92.8 Å². The average molecular weight is 1500 g/mol. The molecule has 0 aromatic rings. The number of hydrogen-bond acceptors (Lipinski definition) is 0. The first kappa shape index (κ1) is 90.2. The molecular weight excluding hydrogens is 1320 g/mol. The summed E-state index contributed by atoms with van der Waals surface area (Å²) in [6, 6.07) is 0. The van der Waals surface area contributed by atoms with Gasteiger partial charge in [0.25, 0.3) is 0 Å². The van der Waals surface area contributed by atoms with Crippen LogP contribution in [0.2, 0.25) is 0 Å². The van der Waals surface area contributed by atoms with Gasteiger partial charge >= 0.3 is 0 Å². The van der Waals surface area contributed by atoms with Crippen LogP contribution in [0.5, 0.6) is 0 Å². The lowest BCUT2D eigenvalue weighted by Gasteiger charge is -2.56. The topological polar surface area (TPSA) is 0 Å². The molecule has 3 aliphatic carbocycles. The van der Waals surface area contributed by atoms with E-state index in [1.165, 1.54) is 182 Å². The van der Waals surface area contributed by atoms with Crippen LogP contribution in [0.3, 0.4) is 0 Å². The van der Waals surface area contributed by atoms with Crippen LogP contribution in [0, 0.1) is 17.8 Å². The van der Waals surface area contributed by atoms with E-state index in [2.05, 4.69) is 227 Å². The Bertz CT molecular complexity index is 2200. The van der Waals surface area contributed by atoms with Gasteiger partial charge in [-0.25, -0.2) is 0 Å². The molecule has 96 heavy (non-hydrogen) atoms. The van der Waals surface area contributed by atoms with Gasteiger partial charge in [0.1, 0.15) is 0 Å². The molecule has 10 heterocycles. The summed E-state index contributed by atoms with van der Waals surface area (Å²) in [7, 11) is 10.7. The predicted molar refractivity (Wildman–Crippen MR) is 472 cm³/mol. The van der Waals surface area contributed by atoms with Gasteiger partial charge in [-0.3, -0.25) is 0 Å². The predicted octanol–water partition coefficient (Wildman–Crippen LogP) is 31.4. The van der Waals surface area contributed by atoms with Crippen LogP contribution in [0.15, 0.2) is 12.2 Å². The lowest BCUT2D eigenvalue weighted by molar-refractivity contribution is 0.314. The Morgan fingerprint density at radius 1 is 0.250 bits per heavy atom. The fraction of sp³-hybridized carbons (Fsp3) is 0.977. The van der Waals surface area contributed by atoms with Crippen LogP contribution >= 0.6 is 77.2 Å². The third-order valence-corrected chi connectivity index (χ3v) is 46.3. The van der Waals surface area contributed by atoms with Gasteiger partial charge in [-0.1, -0.05) is 291 Å². The molecule has 13 aliphatic rings. The van der Waals surface area contributed by atoms with Crippen molar-refractivity contribution >= 4 is 77.2 Å². The van der Waals surface area contributed by atoms with E-state index in [1.807, 2.05) is 0 Å². The van der Waals surface area contributed by atoms with E-state index in [1.54, 1.807) is 64.2 Å². The number of allylic oxidation sites excluding steroid dienone is 2. The van der Waals surface area contributed by atoms with Gasteiger partial charge in [0.05, 0.1) is 0 Å². The van der Waals surface area contributed by atoms with Crippen molar-refractivity contribution in [1.82, 2.24) is 0 Å². The van der Waals surface area contributed by atoms with Crippen molar-refractivity contribution in [2.75, 3.05) is 0 Å². The minimum absolute atomic E-state index is 0.615. The Labute approximate surface area is 622 Å². The quantitative estimate of drug-likeness (QED) is 0.194. The van der Waals surface area contributed by atoms with E-state index in [4.69, 9.17) is 0 Å². The summed E-state index contributed by atoms with van der Waals surface area (Å²) in [4.78, 5) is 0. The molecule has 2 spiro atoms. The zero-order valence-electron chi connectivity index (χ0n) is 70.7. The highest BCUT2D eigenvalue weighted by Crippen LogP contribution is 2.69. The van der Waals surface area contributed by atoms with Gasteiger partial charge < -0.3 is 0 Å². The molecule has 13 rings (SSSR count). The molecule has 0 amide bonds. The van der Waals surface area contributed by atoms with E-state index in [0.29, 0.717) is 72.2 Å². The molecule has 9 heteroatoms. The molecule has 12 fully saturated rings. The Morgan fingerprint density at radius 2 is 0.521 bits per heavy atom. The second-order valence-corrected chi connectivity index (χ2v) is 67.8. The Hall–Kier alpha value is 3.61. The summed E-state index contributed by atoms with van der Waals surface area (Å²) < 4.78 is 0. The minimum Gasteiger partial charge on any atom is -0.110 e. The van der Waals surface area contributed by atoms with E-state index < -0.39 is 0 Å². The van der Waals surface area contributed by atoms with Gasteiger partial charge in [0, 0.05) is 10.3 Å². The summed E-state index contributed by atoms with van der Waals surface area (Å²) >= 11 is 0. The molecule has 10 aliphatic heterocycles. The Balaban J connectivity index is 0.000000196. The fourth-order valence-electron chi connectivity index (χ4n) is 22.4. The van der Waals surface area contributed by atoms with Crippen molar-refractivity contribution in [1.29, 1.82) is 0 Å². The van der Waals surface area contributed by atoms with Crippen molar-refractivity contribution < 1.29 is 0 Å². The van der Waals surface area contributed by atoms with Gasteiger partial charge in [0.15, 0.2) is 0 Å². The lowest BCUT2D eigenvalue weighted by Crippen LogP contribution is -2.50. The monoisotopic (exact) mass is 1500 g/mol. The highest BCUT2D eigenvalue weighted by molar-refractivity contribution is 7.45. The minimum atomic E-state index is 0.615. The molecule has 3 saturated carbocycles. The third kappa shape index (κ3) is 27.6. The number of fused-ring (bicyclic) bond motifs is 3. The molecule has 566 valence electrons. The van der Waals surface area contributed by atoms with Gasteiger partial charge in [-0.05, 0) is 248 Å². The fourth-order valence-corrected chi connectivity index (χ4v) is 44.8. The highest BCUT2D eigenvalue weighted by Gasteiger charge is 2.55. The van der Waals surface area contributed by atoms with Gasteiger partial charge in [-0.15, -0.1) is 77.2 Å². The zero-order valence-corrected chi connectivity index (χ0v) is 79.7. The van der Waals surface area contributed by atoms with Crippen LogP contribution < -0.4 is 0 Å². The molecule has 4 unspecified atom stereocenters. The largest absolute Gasteiger partial charge is 0.110 e. The zero-order chi connectivity index (χ0) is 72.8. The van der Waals surface area contributed by atoms with Crippen LogP contribution in [0.25, 0.3) is 0 Å². The second kappa shape index (κ2) is 34.7. The van der Waals surface area contributed by atoms with Crippen LogP contribution in [-0.2, 0) is 0 Å². The summed E-state index contributed by atoms with van der Waals surface area (Å²) in [6.45, 7) is 74.6. The van der Waals surface area contributed by atoms with E-state index in [0.717, 1.165) is 81.3 Å². The summed E-state index contributed by atoms with van der Waals surface area (Å²) in [5.74, 6) is 3.00. The van der Waals surface area contributed by atoms with Crippen molar-refractivity contribution in [2.45, 2.75) is 519 Å². The van der Waals surface area contributed by atoms with E-state index in [9.17, 15) is 0 Å². The van der Waals surface area contributed by atoms with Crippen LogP contribution in [0.4, 0.5) is 0 Å². The molecule has 0 radical (unpaired) electrons. The third-order valence-electron chi connectivity index (χ3n) is 27.4. The first-order chi connectivity index (χ1) is 43.6.